The Morgan fingerprint density at radius 3 is 2.47 bits per heavy atom. The molecule has 0 saturated carbocycles. The SMILES string of the molecule is C[C@@H](CN[C@@H](C)c1cccc(Cl)c1Cl)CS(C)(=O)=O. The second kappa shape index (κ2) is 6.93. The lowest BCUT2D eigenvalue weighted by Crippen LogP contribution is -2.28. The van der Waals surface area contributed by atoms with Crippen LogP contribution in [0.3, 0.4) is 0 Å². The normalized spacial score (nSPS) is 15.2. The zero-order valence-electron chi connectivity index (χ0n) is 11.3. The molecule has 1 aromatic rings. The highest BCUT2D eigenvalue weighted by molar-refractivity contribution is 7.90. The van der Waals surface area contributed by atoms with Gasteiger partial charge in [-0.2, -0.15) is 0 Å². The van der Waals surface area contributed by atoms with Crippen LogP contribution in [-0.2, 0) is 9.84 Å². The van der Waals surface area contributed by atoms with Crippen LogP contribution < -0.4 is 5.32 Å². The molecule has 0 aromatic heterocycles. The molecule has 0 saturated heterocycles. The predicted molar refractivity (Wildman–Crippen MR) is 81.8 cm³/mol. The number of hydrogen-bond acceptors (Lipinski definition) is 3. The number of halogens is 2. The molecule has 0 amide bonds. The highest BCUT2D eigenvalue weighted by atomic mass is 35.5. The van der Waals surface area contributed by atoms with E-state index in [1.165, 1.54) is 6.26 Å². The third kappa shape index (κ3) is 5.69. The molecule has 0 bridgehead atoms. The Kier molecular flexibility index (Phi) is 6.12. The van der Waals surface area contributed by atoms with E-state index >= 15 is 0 Å². The van der Waals surface area contributed by atoms with Gasteiger partial charge in [0, 0.05) is 12.3 Å². The smallest absolute Gasteiger partial charge is 0.147 e. The maximum absolute atomic E-state index is 11.2. The summed E-state index contributed by atoms with van der Waals surface area (Å²) in [5.41, 5.74) is 0.917. The minimum atomic E-state index is -2.94. The van der Waals surface area contributed by atoms with Crippen LogP contribution in [-0.4, -0.2) is 27.0 Å². The Morgan fingerprint density at radius 2 is 1.89 bits per heavy atom. The molecule has 0 aliphatic heterocycles. The molecule has 2 atom stereocenters. The molecule has 108 valence electrons. The lowest BCUT2D eigenvalue weighted by molar-refractivity contribution is 0.492. The van der Waals surface area contributed by atoms with Crippen molar-refractivity contribution in [2.45, 2.75) is 19.9 Å². The number of benzene rings is 1. The average molecular weight is 324 g/mol. The third-order valence-corrected chi connectivity index (χ3v) is 4.82. The van der Waals surface area contributed by atoms with Crippen LogP contribution in [0.1, 0.15) is 25.5 Å². The van der Waals surface area contributed by atoms with Crippen molar-refractivity contribution >= 4 is 33.0 Å². The Balaban J connectivity index is 2.61. The first-order valence-corrected chi connectivity index (χ1v) is 8.87. The third-order valence-electron chi connectivity index (χ3n) is 2.81. The van der Waals surface area contributed by atoms with Gasteiger partial charge >= 0.3 is 0 Å². The van der Waals surface area contributed by atoms with E-state index in [1.54, 1.807) is 6.07 Å². The van der Waals surface area contributed by atoms with Gasteiger partial charge in [0.05, 0.1) is 15.8 Å². The molecule has 0 radical (unpaired) electrons. The fourth-order valence-corrected chi connectivity index (χ4v) is 3.54. The molecule has 1 aromatic carbocycles. The molecule has 0 heterocycles. The van der Waals surface area contributed by atoms with E-state index in [2.05, 4.69) is 5.32 Å². The lowest BCUT2D eigenvalue weighted by atomic mass is 10.1. The van der Waals surface area contributed by atoms with Gasteiger partial charge in [0.1, 0.15) is 9.84 Å². The maximum Gasteiger partial charge on any atom is 0.147 e. The van der Waals surface area contributed by atoms with Crippen molar-refractivity contribution in [2.24, 2.45) is 5.92 Å². The standard InChI is InChI=1S/C13H19Cl2NO2S/c1-9(8-19(3,17)18)7-16-10(2)11-5-4-6-12(14)13(11)15/h4-6,9-10,16H,7-8H2,1-3H3/t9-,10-/m0/s1. The van der Waals surface area contributed by atoms with E-state index < -0.39 is 9.84 Å². The van der Waals surface area contributed by atoms with E-state index in [4.69, 9.17) is 23.2 Å². The lowest BCUT2D eigenvalue weighted by Gasteiger charge is -2.19. The summed E-state index contributed by atoms with van der Waals surface area (Å²) in [5.74, 6) is 0.228. The number of sulfone groups is 1. The quantitative estimate of drug-likeness (QED) is 0.873. The second-order valence-electron chi connectivity index (χ2n) is 4.97. The second-order valence-corrected chi connectivity index (χ2v) is 7.94. The first-order chi connectivity index (χ1) is 8.70. The van der Waals surface area contributed by atoms with Crippen LogP contribution in [0.25, 0.3) is 0 Å². The first-order valence-electron chi connectivity index (χ1n) is 6.05. The molecule has 6 heteroatoms. The summed E-state index contributed by atoms with van der Waals surface area (Å²) in [7, 11) is -2.94. The van der Waals surface area contributed by atoms with Crippen LogP contribution in [0.2, 0.25) is 10.0 Å². The highest BCUT2D eigenvalue weighted by Crippen LogP contribution is 2.29. The molecule has 0 aliphatic carbocycles. The number of nitrogens with one attached hydrogen (secondary N) is 1. The van der Waals surface area contributed by atoms with Gasteiger partial charge in [-0.1, -0.05) is 42.3 Å². The summed E-state index contributed by atoms with van der Waals surface area (Å²) in [6.45, 7) is 4.49. The summed E-state index contributed by atoms with van der Waals surface area (Å²) in [6, 6.07) is 5.52. The van der Waals surface area contributed by atoms with Crippen LogP contribution in [0, 0.1) is 5.92 Å². The highest BCUT2D eigenvalue weighted by Gasteiger charge is 2.14. The molecule has 0 aliphatic rings. The van der Waals surface area contributed by atoms with Gasteiger partial charge in [0.2, 0.25) is 0 Å². The van der Waals surface area contributed by atoms with Crippen LogP contribution in [0.5, 0.6) is 0 Å². The van der Waals surface area contributed by atoms with E-state index in [0.717, 1.165) is 5.56 Å². The molecule has 0 fully saturated rings. The van der Waals surface area contributed by atoms with Crippen molar-refractivity contribution in [1.82, 2.24) is 5.32 Å². The summed E-state index contributed by atoms with van der Waals surface area (Å²) < 4.78 is 22.4. The molecule has 1 rings (SSSR count). The molecular weight excluding hydrogens is 305 g/mol. The van der Waals surface area contributed by atoms with Crippen molar-refractivity contribution in [2.75, 3.05) is 18.6 Å². The van der Waals surface area contributed by atoms with Gasteiger partial charge in [-0.05, 0) is 31.0 Å². The average Bonchev–Trinajstić information content (AvgIpc) is 2.27. The molecule has 0 unspecified atom stereocenters. The predicted octanol–water partition coefficient (Wildman–Crippen LogP) is 3.32. The van der Waals surface area contributed by atoms with E-state index in [0.29, 0.717) is 16.6 Å². The van der Waals surface area contributed by atoms with E-state index in [-0.39, 0.29) is 17.7 Å². The van der Waals surface area contributed by atoms with E-state index in [1.807, 2.05) is 26.0 Å². The van der Waals surface area contributed by atoms with Gasteiger partial charge in [-0.15, -0.1) is 0 Å². The van der Waals surface area contributed by atoms with Gasteiger partial charge in [-0.3, -0.25) is 0 Å². The zero-order chi connectivity index (χ0) is 14.6. The summed E-state index contributed by atoms with van der Waals surface area (Å²) in [5, 5.41) is 4.35. The van der Waals surface area contributed by atoms with Crippen LogP contribution >= 0.6 is 23.2 Å². The Hall–Kier alpha value is -0.290. The summed E-state index contributed by atoms with van der Waals surface area (Å²) >= 11 is 12.1. The molecule has 19 heavy (non-hydrogen) atoms. The molecular formula is C13H19Cl2NO2S. The van der Waals surface area contributed by atoms with Crippen molar-refractivity contribution in [1.29, 1.82) is 0 Å². The van der Waals surface area contributed by atoms with Crippen molar-refractivity contribution in [3.05, 3.63) is 33.8 Å². The van der Waals surface area contributed by atoms with E-state index in [9.17, 15) is 8.42 Å². The zero-order valence-corrected chi connectivity index (χ0v) is 13.6. The van der Waals surface area contributed by atoms with Gasteiger partial charge < -0.3 is 5.32 Å². The molecule has 0 spiro atoms. The van der Waals surface area contributed by atoms with Gasteiger partial charge in [0.15, 0.2) is 0 Å². The Morgan fingerprint density at radius 1 is 1.26 bits per heavy atom. The monoisotopic (exact) mass is 323 g/mol. The maximum atomic E-state index is 11.2. The summed E-state index contributed by atoms with van der Waals surface area (Å²) in [6.07, 6.45) is 1.25. The molecule has 1 N–H and O–H groups in total. The topological polar surface area (TPSA) is 46.2 Å². The van der Waals surface area contributed by atoms with Crippen molar-refractivity contribution < 1.29 is 8.42 Å². The van der Waals surface area contributed by atoms with Gasteiger partial charge in [-0.25, -0.2) is 8.42 Å². The minimum absolute atomic E-state index is 0.0215. The first kappa shape index (κ1) is 16.8. The van der Waals surface area contributed by atoms with Crippen molar-refractivity contribution in [3.8, 4) is 0 Å². The number of rotatable bonds is 6. The van der Waals surface area contributed by atoms with Crippen molar-refractivity contribution in [3.63, 3.8) is 0 Å². The van der Waals surface area contributed by atoms with Crippen LogP contribution in [0.15, 0.2) is 18.2 Å². The minimum Gasteiger partial charge on any atom is -0.310 e. The molecule has 3 nitrogen and oxygen atoms in total. The largest absolute Gasteiger partial charge is 0.310 e. The summed E-state index contributed by atoms with van der Waals surface area (Å²) in [4.78, 5) is 0. The Labute approximate surface area is 125 Å². The van der Waals surface area contributed by atoms with Crippen LogP contribution in [0.4, 0.5) is 0 Å². The van der Waals surface area contributed by atoms with Gasteiger partial charge in [0.25, 0.3) is 0 Å². The fraction of sp³-hybridized carbons (Fsp3) is 0.538. The fourth-order valence-electron chi connectivity index (χ4n) is 1.92. The number of hydrogen-bond donors (Lipinski definition) is 1. The Bertz CT molecular complexity index is 531.